The highest BCUT2D eigenvalue weighted by atomic mass is 35.5. The van der Waals surface area contributed by atoms with Crippen molar-refractivity contribution in [2.24, 2.45) is 0 Å². The standard InChI is InChI=1S/C9H10ClN3O/c1-6(2)12-9(14)13-8-4-3-7(10)5-11-8/h3-5H,1H2,2H3,(H2,11,12,13,14). The fraction of sp³-hybridized carbons (Fsp3) is 0.111. The SMILES string of the molecule is C=C(C)NC(=O)Nc1ccc(Cl)cn1. The molecule has 74 valence electrons. The third-order valence-corrected chi connectivity index (χ3v) is 1.52. The van der Waals surface area contributed by atoms with Crippen molar-refractivity contribution in [2.75, 3.05) is 5.32 Å². The number of hydrogen-bond donors (Lipinski definition) is 2. The molecule has 1 aromatic heterocycles. The molecule has 0 aromatic carbocycles. The Kier molecular flexibility index (Phi) is 3.48. The number of hydrogen-bond acceptors (Lipinski definition) is 2. The van der Waals surface area contributed by atoms with Gasteiger partial charge in [-0.25, -0.2) is 9.78 Å². The summed E-state index contributed by atoms with van der Waals surface area (Å²) in [5.74, 6) is 0.438. The average molecular weight is 212 g/mol. The Hall–Kier alpha value is -1.55. The van der Waals surface area contributed by atoms with Crippen LogP contribution in [0.3, 0.4) is 0 Å². The summed E-state index contributed by atoms with van der Waals surface area (Å²) in [4.78, 5) is 15.0. The maximum Gasteiger partial charge on any atom is 0.324 e. The molecule has 0 spiro atoms. The molecule has 0 radical (unpaired) electrons. The zero-order chi connectivity index (χ0) is 10.6. The number of urea groups is 1. The first-order chi connectivity index (χ1) is 6.58. The number of nitrogens with zero attached hydrogens (tertiary/aromatic N) is 1. The number of aromatic nitrogens is 1. The highest BCUT2D eigenvalue weighted by molar-refractivity contribution is 6.30. The van der Waals surface area contributed by atoms with Gasteiger partial charge in [-0.2, -0.15) is 0 Å². The van der Waals surface area contributed by atoms with Gasteiger partial charge in [0.1, 0.15) is 5.82 Å². The normalized spacial score (nSPS) is 9.29. The maximum atomic E-state index is 11.2. The van der Waals surface area contributed by atoms with Crippen LogP contribution in [0.15, 0.2) is 30.6 Å². The Balaban J connectivity index is 2.56. The van der Waals surface area contributed by atoms with Gasteiger partial charge in [0.05, 0.1) is 5.02 Å². The number of nitrogens with one attached hydrogen (secondary N) is 2. The van der Waals surface area contributed by atoms with Crippen molar-refractivity contribution in [1.82, 2.24) is 10.3 Å². The molecule has 14 heavy (non-hydrogen) atoms. The second kappa shape index (κ2) is 4.62. The van der Waals surface area contributed by atoms with E-state index in [1.165, 1.54) is 6.20 Å². The van der Waals surface area contributed by atoms with Crippen molar-refractivity contribution >= 4 is 23.4 Å². The second-order valence-corrected chi connectivity index (χ2v) is 3.16. The van der Waals surface area contributed by atoms with E-state index in [2.05, 4.69) is 22.2 Å². The first-order valence-corrected chi connectivity index (χ1v) is 4.31. The lowest BCUT2D eigenvalue weighted by molar-refractivity contribution is 0.254. The zero-order valence-electron chi connectivity index (χ0n) is 7.67. The summed E-state index contributed by atoms with van der Waals surface area (Å²) < 4.78 is 0. The predicted octanol–water partition coefficient (Wildman–Crippen LogP) is 2.39. The molecular formula is C9H10ClN3O. The number of pyridine rings is 1. The lowest BCUT2D eigenvalue weighted by Gasteiger charge is -2.05. The minimum absolute atomic E-state index is 0.368. The Labute approximate surface area is 87.0 Å². The van der Waals surface area contributed by atoms with Crippen LogP contribution in [0, 0.1) is 0 Å². The first-order valence-electron chi connectivity index (χ1n) is 3.93. The van der Waals surface area contributed by atoms with Gasteiger partial charge in [-0.1, -0.05) is 18.2 Å². The van der Waals surface area contributed by atoms with Gasteiger partial charge < -0.3 is 5.32 Å². The summed E-state index contributed by atoms with van der Waals surface area (Å²) in [6.45, 7) is 5.23. The smallest absolute Gasteiger partial charge is 0.312 e. The van der Waals surface area contributed by atoms with Crippen LogP contribution in [0.25, 0.3) is 0 Å². The first kappa shape index (κ1) is 10.5. The van der Waals surface area contributed by atoms with E-state index in [0.717, 1.165) is 0 Å². The summed E-state index contributed by atoms with van der Waals surface area (Å²) in [6, 6.07) is 2.89. The molecule has 1 heterocycles. The molecule has 4 nitrogen and oxygen atoms in total. The van der Waals surface area contributed by atoms with E-state index < -0.39 is 0 Å². The molecular weight excluding hydrogens is 202 g/mol. The van der Waals surface area contributed by atoms with Crippen LogP contribution in [0.5, 0.6) is 0 Å². The van der Waals surface area contributed by atoms with Crippen LogP contribution in [-0.2, 0) is 0 Å². The topological polar surface area (TPSA) is 54.0 Å². The van der Waals surface area contributed by atoms with Crippen molar-refractivity contribution in [3.63, 3.8) is 0 Å². The molecule has 0 fully saturated rings. The third-order valence-electron chi connectivity index (χ3n) is 1.30. The van der Waals surface area contributed by atoms with Crippen molar-refractivity contribution in [2.45, 2.75) is 6.92 Å². The van der Waals surface area contributed by atoms with Gasteiger partial charge in [0.25, 0.3) is 0 Å². The third kappa shape index (κ3) is 3.45. The van der Waals surface area contributed by atoms with Gasteiger partial charge >= 0.3 is 6.03 Å². The molecule has 0 saturated heterocycles. The van der Waals surface area contributed by atoms with E-state index in [4.69, 9.17) is 11.6 Å². The van der Waals surface area contributed by atoms with Gasteiger partial charge in [-0.15, -0.1) is 0 Å². The van der Waals surface area contributed by atoms with Crippen LogP contribution in [-0.4, -0.2) is 11.0 Å². The minimum atomic E-state index is -0.368. The molecule has 0 aliphatic heterocycles. The second-order valence-electron chi connectivity index (χ2n) is 2.72. The monoisotopic (exact) mass is 211 g/mol. The highest BCUT2D eigenvalue weighted by Gasteiger charge is 2.01. The summed E-state index contributed by atoms with van der Waals surface area (Å²) in [6.07, 6.45) is 1.46. The van der Waals surface area contributed by atoms with Gasteiger partial charge in [-0.3, -0.25) is 5.32 Å². The van der Waals surface area contributed by atoms with Gasteiger partial charge in [0.2, 0.25) is 0 Å². The predicted molar refractivity (Wildman–Crippen MR) is 56.2 cm³/mol. The number of allylic oxidation sites excluding steroid dienone is 1. The molecule has 2 amide bonds. The van der Waals surface area contributed by atoms with Crippen LogP contribution >= 0.6 is 11.6 Å². The van der Waals surface area contributed by atoms with Crippen molar-refractivity contribution in [1.29, 1.82) is 0 Å². The largest absolute Gasteiger partial charge is 0.324 e. The number of halogens is 1. The van der Waals surface area contributed by atoms with E-state index in [1.54, 1.807) is 19.1 Å². The van der Waals surface area contributed by atoms with Crippen LogP contribution in [0.1, 0.15) is 6.92 Å². The Morgan fingerprint density at radius 2 is 2.29 bits per heavy atom. The highest BCUT2D eigenvalue weighted by Crippen LogP contribution is 2.09. The Morgan fingerprint density at radius 3 is 2.79 bits per heavy atom. The van der Waals surface area contributed by atoms with Gasteiger partial charge in [0, 0.05) is 11.9 Å². The lowest BCUT2D eigenvalue weighted by Crippen LogP contribution is -2.26. The number of rotatable bonds is 2. The van der Waals surface area contributed by atoms with E-state index >= 15 is 0 Å². The molecule has 1 rings (SSSR count). The van der Waals surface area contributed by atoms with Crippen molar-refractivity contribution in [3.8, 4) is 0 Å². The maximum absolute atomic E-state index is 11.2. The molecule has 2 N–H and O–H groups in total. The Bertz CT molecular complexity index is 348. The van der Waals surface area contributed by atoms with E-state index in [1.807, 2.05) is 0 Å². The fourth-order valence-electron chi connectivity index (χ4n) is 0.791. The lowest BCUT2D eigenvalue weighted by atomic mass is 10.4. The van der Waals surface area contributed by atoms with Crippen molar-refractivity contribution in [3.05, 3.63) is 35.6 Å². The van der Waals surface area contributed by atoms with Gasteiger partial charge in [0.15, 0.2) is 0 Å². The van der Waals surface area contributed by atoms with Crippen LogP contribution in [0.2, 0.25) is 5.02 Å². The molecule has 0 aliphatic carbocycles. The van der Waals surface area contributed by atoms with Gasteiger partial charge in [-0.05, 0) is 19.1 Å². The number of carbonyl (C=O) groups is 1. The van der Waals surface area contributed by atoms with E-state index in [-0.39, 0.29) is 6.03 Å². The molecule has 0 aliphatic rings. The molecule has 0 atom stereocenters. The molecule has 0 bridgehead atoms. The minimum Gasteiger partial charge on any atom is -0.312 e. The Morgan fingerprint density at radius 1 is 1.57 bits per heavy atom. The number of amides is 2. The zero-order valence-corrected chi connectivity index (χ0v) is 8.43. The number of anilines is 1. The van der Waals surface area contributed by atoms with E-state index in [0.29, 0.717) is 16.5 Å². The summed E-state index contributed by atoms with van der Waals surface area (Å²) in [5, 5.41) is 5.53. The average Bonchev–Trinajstić information content (AvgIpc) is 2.07. The summed E-state index contributed by atoms with van der Waals surface area (Å²) >= 11 is 5.63. The summed E-state index contributed by atoms with van der Waals surface area (Å²) in [7, 11) is 0. The van der Waals surface area contributed by atoms with E-state index in [9.17, 15) is 4.79 Å². The summed E-state index contributed by atoms with van der Waals surface area (Å²) in [5.41, 5.74) is 0.566. The molecule has 0 saturated carbocycles. The van der Waals surface area contributed by atoms with Crippen LogP contribution < -0.4 is 10.6 Å². The van der Waals surface area contributed by atoms with Crippen LogP contribution in [0.4, 0.5) is 10.6 Å². The quantitative estimate of drug-likeness (QED) is 0.789. The van der Waals surface area contributed by atoms with Crippen molar-refractivity contribution < 1.29 is 4.79 Å². The fourth-order valence-corrected chi connectivity index (χ4v) is 0.903. The molecule has 0 unspecified atom stereocenters. The molecule has 5 heteroatoms. The number of carbonyl (C=O) groups excluding carboxylic acids is 1. The molecule has 1 aromatic rings.